The highest BCUT2D eigenvalue weighted by Crippen LogP contribution is 2.22. The van der Waals surface area contributed by atoms with Gasteiger partial charge in [0, 0.05) is 6.61 Å². The van der Waals surface area contributed by atoms with Gasteiger partial charge in [0.15, 0.2) is 0 Å². The molecule has 3 nitrogen and oxygen atoms in total. The van der Waals surface area contributed by atoms with Gasteiger partial charge < -0.3 is 14.6 Å². The molecule has 1 unspecified atom stereocenters. The zero-order valence-electron chi connectivity index (χ0n) is 9.36. The number of rotatable bonds is 3. The van der Waals surface area contributed by atoms with Crippen molar-refractivity contribution >= 4 is 0 Å². The fraction of sp³-hybridized carbons (Fsp3) is 1.00. The summed E-state index contributed by atoms with van der Waals surface area (Å²) in [5.74, 6) is 0. The first kappa shape index (κ1) is 11.4. The van der Waals surface area contributed by atoms with Crippen molar-refractivity contribution in [2.24, 2.45) is 0 Å². The van der Waals surface area contributed by atoms with Crippen molar-refractivity contribution in [3.05, 3.63) is 0 Å². The van der Waals surface area contributed by atoms with Crippen LogP contribution in [0.25, 0.3) is 0 Å². The minimum absolute atomic E-state index is 0.0872. The fourth-order valence-electron chi connectivity index (χ4n) is 2.39. The molecular weight excluding hydrogens is 192 g/mol. The molecule has 1 heterocycles. The summed E-state index contributed by atoms with van der Waals surface area (Å²) in [5, 5.41) is 9.36. The Morgan fingerprint density at radius 1 is 1.07 bits per heavy atom. The van der Waals surface area contributed by atoms with Gasteiger partial charge in [-0.1, -0.05) is 0 Å². The minimum Gasteiger partial charge on any atom is -0.393 e. The minimum atomic E-state index is -0.0872. The van der Waals surface area contributed by atoms with Crippen LogP contribution in [0.2, 0.25) is 0 Å². The van der Waals surface area contributed by atoms with Crippen molar-refractivity contribution < 1.29 is 14.6 Å². The van der Waals surface area contributed by atoms with Gasteiger partial charge in [0.1, 0.15) is 0 Å². The van der Waals surface area contributed by atoms with Gasteiger partial charge in [0.25, 0.3) is 0 Å². The van der Waals surface area contributed by atoms with Crippen molar-refractivity contribution in [3.63, 3.8) is 0 Å². The topological polar surface area (TPSA) is 38.7 Å². The predicted molar refractivity (Wildman–Crippen MR) is 57.8 cm³/mol. The SMILES string of the molecule is OC1CCC(OCC2CCCCO2)CC1. The number of hydrogen-bond donors (Lipinski definition) is 1. The Bertz CT molecular complexity index is 170. The molecule has 2 fully saturated rings. The Kier molecular flexibility index (Phi) is 4.42. The van der Waals surface area contributed by atoms with E-state index >= 15 is 0 Å². The number of aliphatic hydroxyl groups is 1. The van der Waals surface area contributed by atoms with Crippen LogP contribution in [0.15, 0.2) is 0 Å². The summed E-state index contributed by atoms with van der Waals surface area (Å²) >= 11 is 0. The third kappa shape index (κ3) is 3.74. The van der Waals surface area contributed by atoms with Gasteiger partial charge in [-0.05, 0) is 44.9 Å². The van der Waals surface area contributed by atoms with Gasteiger partial charge in [-0.25, -0.2) is 0 Å². The Hall–Kier alpha value is -0.120. The number of aliphatic hydroxyl groups excluding tert-OH is 1. The second kappa shape index (κ2) is 5.83. The average molecular weight is 214 g/mol. The van der Waals surface area contributed by atoms with Gasteiger partial charge in [-0.3, -0.25) is 0 Å². The molecule has 1 saturated heterocycles. The Labute approximate surface area is 91.8 Å². The molecule has 1 atom stereocenters. The smallest absolute Gasteiger partial charge is 0.0808 e. The second-order valence-corrected chi connectivity index (χ2v) is 4.75. The molecule has 3 heteroatoms. The third-order valence-corrected chi connectivity index (χ3v) is 3.44. The molecule has 0 bridgehead atoms. The summed E-state index contributed by atoms with van der Waals surface area (Å²) in [6.45, 7) is 1.65. The van der Waals surface area contributed by atoms with Crippen molar-refractivity contribution in [2.45, 2.75) is 63.3 Å². The first-order chi connectivity index (χ1) is 7.34. The standard InChI is InChI=1S/C12H22O3/c13-10-4-6-11(7-5-10)15-9-12-3-1-2-8-14-12/h10-13H,1-9H2. The Morgan fingerprint density at radius 2 is 1.87 bits per heavy atom. The molecular formula is C12H22O3. The molecule has 0 aromatic heterocycles. The van der Waals surface area contributed by atoms with Crippen LogP contribution in [0.4, 0.5) is 0 Å². The molecule has 1 saturated carbocycles. The number of ether oxygens (including phenoxy) is 2. The molecule has 0 radical (unpaired) electrons. The maximum absolute atomic E-state index is 9.36. The molecule has 2 rings (SSSR count). The van der Waals surface area contributed by atoms with E-state index in [4.69, 9.17) is 9.47 Å². The van der Waals surface area contributed by atoms with E-state index in [0.717, 1.165) is 45.3 Å². The molecule has 1 N–H and O–H groups in total. The first-order valence-corrected chi connectivity index (χ1v) is 6.26. The normalized spacial score (nSPS) is 37.8. The Balaban J connectivity index is 1.60. The summed E-state index contributed by atoms with van der Waals surface area (Å²) in [5.41, 5.74) is 0. The average Bonchev–Trinajstić information content (AvgIpc) is 2.30. The van der Waals surface area contributed by atoms with E-state index < -0.39 is 0 Å². The fourth-order valence-corrected chi connectivity index (χ4v) is 2.39. The predicted octanol–water partition coefficient (Wildman–Crippen LogP) is 1.88. The van der Waals surface area contributed by atoms with Gasteiger partial charge >= 0.3 is 0 Å². The molecule has 88 valence electrons. The molecule has 2 aliphatic rings. The summed E-state index contributed by atoms with van der Waals surface area (Å²) in [6, 6.07) is 0. The molecule has 15 heavy (non-hydrogen) atoms. The van der Waals surface area contributed by atoms with Gasteiger partial charge in [-0.15, -0.1) is 0 Å². The van der Waals surface area contributed by atoms with Crippen LogP contribution in [-0.2, 0) is 9.47 Å². The van der Waals surface area contributed by atoms with E-state index in [1.807, 2.05) is 0 Å². The molecule has 0 amide bonds. The van der Waals surface area contributed by atoms with E-state index in [1.165, 1.54) is 12.8 Å². The van der Waals surface area contributed by atoms with Crippen LogP contribution >= 0.6 is 0 Å². The van der Waals surface area contributed by atoms with Crippen molar-refractivity contribution in [2.75, 3.05) is 13.2 Å². The molecule has 0 aromatic carbocycles. The molecule has 1 aliphatic carbocycles. The Morgan fingerprint density at radius 3 is 2.53 bits per heavy atom. The first-order valence-electron chi connectivity index (χ1n) is 6.26. The summed E-state index contributed by atoms with van der Waals surface area (Å²) in [7, 11) is 0. The van der Waals surface area contributed by atoms with Crippen LogP contribution in [0.3, 0.4) is 0 Å². The van der Waals surface area contributed by atoms with Gasteiger partial charge in [-0.2, -0.15) is 0 Å². The lowest BCUT2D eigenvalue weighted by atomic mass is 9.95. The summed E-state index contributed by atoms with van der Waals surface area (Å²) in [6.07, 6.45) is 8.04. The zero-order valence-corrected chi connectivity index (χ0v) is 9.36. The maximum Gasteiger partial charge on any atom is 0.0808 e. The van der Waals surface area contributed by atoms with Gasteiger partial charge in [0.05, 0.1) is 24.9 Å². The van der Waals surface area contributed by atoms with Crippen LogP contribution < -0.4 is 0 Å². The maximum atomic E-state index is 9.36. The van der Waals surface area contributed by atoms with E-state index in [1.54, 1.807) is 0 Å². The van der Waals surface area contributed by atoms with Crippen molar-refractivity contribution in [3.8, 4) is 0 Å². The van der Waals surface area contributed by atoms with E-state index in [2.05, 4.69) is 0 Å². The lowest BCUT2D eigenvalue weighted by molar-refractivity contribution is -0.0769. The summed E-state index contributed by atoms with van der Waals surface area (Å²) < 4.78 is 11.5. The van der Waals surface area contributed by atoms with E-state index in [0.29, 0.717) is 12.2 Å². The van der Waals surface area contributed by atoms with E-state index in [-0.39, 0.29) is 6.10 Å². The highest BCUT2D eigenvalue weighted by Gasteiger charge is 2.21. The lowest BCUT2D eigenvalue weighted by Gasteiger charge is -2.28. The van der Waals surface area contributed by atoms with Crippen molar-refractivity contribution in [1.29, 1.82) is 0 Å². The van der Waals surface area contributed by atoms with Crippen LogP contribution in [-0.4, -0.2) is 36.6 Å². The van der Waals surface area contributed by atoms with E-state index in [9.17, 15) is 5.11 Å². The second-order valence-electron chi connectivity index (χ2n) is 4.75. The van der Waals surface area contributed by atoms with Crippen LogP contribution in [0, 0.1) is 0 Å². The molecule has 1 aliphatic heterocycles. The van der Waals surface area contributed by atoms with Gasteiger partial charge in [0.2, 0.25) is 0 Å². The zero-order chi connectivity index (χ0) is 10.5. The molecule has 0 aromatic rings. The number of hydrogen-bond acceptors (Lipinski definition) is 3. The quantitative estimate of drug-likeness (QED) is 0.779. The monoisotopic (exact) mass is 214 g/mol. The highest BCUT2D eigenvalue weighted by atomic mass is 16.5. The van der Waals surface area contributed by atoms with Crippen molar-refractivity contribution in [1.82, 2.24) is 0 Å². The van der Waals surface area contributed by atoms with Crippen LogP contribution in [0.5, 0.6) is 0 Å². The third-order valence-electron chi connectivity index (χ3n) is 3.44. The highest BCUT2D eigenvalue weighted by molar-refractivity contribution is 4.72. The molecule has 0 spiro atoms. The summed E-state index contributed by atoms with van der Waals surface area (Å²) in [4.78, 5) is 0. The largest absolute Gasteiger partial charge is 0.393 e. The lowest BCUT2D eigenvalue weighted by Crippen LogP contribution is -2.30. The van der Waals surface area contributed by atoms with Crippen LogP contribution in [0.1, 0.15) is 44.9 Å².